The summed E-state index contributed by atoms with van der Waals surface area (Å²) in [5, 5.41) is 0. The molecule has 1 rings (SSSR count). The van der Waals surface area contributed by atoms with E-state index in [9.17, 15) is 0 Å². The van der Waals surface area contributed by atoms with Gasteiger partial charge in [-0.05, 0) is 0 Å². The van der Waals surface area contributed by atoms with Crippen molar-refractivity contribution in [3.63, 3.8) is 0 Å². The van der Waals surface area contributed by atoms with E-state index in [4.69, 9.17) is 4.74 Å². The molecule has 0 bridgehead atoms. The van der Waals surface area contributed by atoms with Crippen LogP contribution < -0.4 is 0 Å². The normalized spacial score (nSPS) is 26.4. The zero-order valence-corrected chi connectivity index (χ0v) is 4.74. The molecule has 3 nitrogen and oxygen atoms in total. The molecule has 0 aromatic carbocycles. The van der Waals surface area contributed by atoms with Crippen LogP contribution in [-0.2, 0) is 4.74 Å². The summed E-state index contributed by atoms with van der Waals surface area (Å²) in [7, 11) is 1.63. The lowest BCUT2D eigenvalue weighted by Gasteiger charge is -2.07. The second-order valence-corrected chi connectivity index (χ2v) is 1.50. The van der Waals surface area contributed by atoms with Gasteiger partial charge in [0.2, 0.25) is 0 Å². The second kappa shape index (κ2) is 2.57. The van der Waals surface area contributed by atoms with Gasteiger partial charge in [-0.3, -0.25) is 9.98 Å². The van der Waals surface area contributed by atoms with Crippen molar-refractivity contribution in [2.45, 2.75) is 6.23 Å². The fraction of sp³-hybridized carbons (Fsp3) is 0.600. The van der Waals surface area contributed by atoms with Gasteiger partial charge < -0.3 is 4.74 Å². The van der Waals surface area contributed by atoms with Crippen molar-refractivity contribution in [1.29, 1.82) is 0 Å². The van der Waals surface area contributed by atoms with Crippen molar-refractivity contribution in [1.82, 2.24) is 0 Å². The van der Waals surface area contributed by atoms with Crippen LogP contribution in [-0.4, -0.2) is 32.3 Å². The van der Waals surface area contributed by atoms with Gasteiger partial charge in [0.1, 0.15) is 0 Å². The Morgan fingerprint density at radius 2 is 2.50 bits per heavy atom. The first kappa shape index (κ1) is 5.44. The highest BCUT2D eigenvalue weighted by molar-refractivity contribution is 6.16. The minimum Gasteiger partial charge on any atom is -0.358 e. The summed E-state index contributed by atoms with van der Waals surface area (Å²) in [6.45, 7) is 0.660. The molecule has 44 valence electrons. The predicted molar refractivity (Wildman–Crippen MR) is 32.6 cm³/mol. The lowest BCUT2D eigenvalue weighted by Crippen LogP contribution is -2.14. The van der Waals surface area contributed by atoms with Crippen molar-refractivity contribution < 1.29 is 4.74 Å². The minimum atomic E-state index is -0.0417. The first-order valence-electron chi connectivity index (χ1n) is 2.48. The van der Waals surface area contributed by atoms with Crippen molar-refractivity contribution in [2.75, 3.05) is 13.7 Å². The van der Waals surface area contributed by atoms with Crippen LogP contribution in [0.15, 0.2) is 9.98 Å². The molecular weight excluding hydrogens is 104 g/mol. The van der Waals surface area contributed by atoms with Crippen molar-refractivity contribution in [3.8, 4) is 0 Å². The Balaban J connectivity index is 2.40. The number of ether oxygens (including phenoxy) is 1. The highest BCUT2D eigenvalue weighted by Crippen LogP contribution is 1.93. The number of aliphatic imine (C=N–C) groups is 2. The zero-order chi connectivity index (χ0) is 5.82. The van der Waals surface area contributed by atoms with Gasteiger partial charge in [0, 0.05) is 19.5 Å². The Kier molecular flexibility index (Phi) is 1.75. The summed E-state index contributed by atoms with van der Waals surface area (Å²) in [6.07, 6.45) is 3.28. The average molecular weight is 112 g/mol. The minimum absolute atomic E-state index is 0.0417. The molecule has 0 aromatic heterocycles. The molecule has 1 atom stereocenters. The average Bonchev–Trinajstić information content (AvgIpc) is 1.90. The smallest absolute Gasteiger partial charge is 0.167 e. The number of rotatable bonds is 1. The summed E-state index contributed by atoms with van der Waals surface area (Å²) >= 11 is 0. The van der Waals surface area contributed by atoms with Gasteiger partial charge in [-0.1, -0.05) is 0 Å². The van der Waals surface area contributed by atoms with Crippen molar-refractivity contribution in [2.24, 2.45) is 9.98 Å². The fourth-order valence-electron chi connectivity index (χ4n) is 0.515. The summed E-state index contributed by atoms with van der Waals surface area (Å²) in [5.74, 6) is 0. The van der Waals surface area contributed by atoms with Gasteiger partial charge >= 0.3 is 0 Å². The Bertz CT molecular complexity index is 120. The molecule has 0 amide bonds. The van der Waals surface area contributed by atoms with Gasteiger partial charge in [0.15, 0.2) is 6.23 Å². The highest BCUT2D eigenvalue weighted by atomic mass is 16.5. The van der Waals surface area contributed by atoms with Gasteiger partial charge in [-0.25, -0.2) is 0 Å². The van der Waals surface area contributed by atoms with E-state index in [0.29, 0.717) is 6.54 Å². The van der Waals surface area contributed by atoms with E-state index in [-0.39, 0.29) is 6.23 Å². The van der Waals surface area contributed by atoms with Crippen LogP contribution in [0, 0.1) is 0 Å². The summed E-state index contributed by atoms with van der Waals surface area (Å²) in [6, 6.07) is 0. The van der Waals surface area contributed by atoms with Gasteiger partial charge in [0.25, 0.3) is 0 Å². The van der Waals surface area contributed by atoms with Crippen LogP contribution in [0.5, 0.6) is 0 Å². The third kappa shape index (κ3) is 1.13. The Hall–Kier alpha value is -0.700. The SMILES string of the molecule is COC1CN=CC=N1. The molecule has 1 heterocycles. The largest absolute Gasteiger partial charge is 0.358 e. The fourth-order valence-corrected chi connectivity index (χ4v) is 0.515. The second-order valence-electron chi connectivity index (χ2n) is 1.50. The predicted octanol–water partition coefficient (Wildman–Crippen LogP) is 0.114. The maximum absolute atomic E-state index is 4.88. The summed E-state index contributed by atoms with van der Waals surface area (Å²) < 4.78 is 4.88. The standard InChI is InChI=1S/C5H8N2O/c1-8-5-4-6-2-3-7-5/h2-3,5H,4H2,1H3. The molecule has 0 aromatic rings. The molecule has 1 unspecified atom stereocenters. The molecule has 1 aliphatic rings. The van der Waals surface area contributed by atoms with Crippen LogP contribution in [0.25, 0.3) is 0 Å². The van der Waals surface area contributed by atoms with E-state index in [1.165, 1.54) is 0 Å². The number of hydrogen-bond acceptors (Lipinski definition) is 3. The summed E-state index contributed by atoms with van der Waals surface area (Å²) in [4.78, 5) is 7.88. The van der Waals surface area contributed by atoms with Gasteiger partial charge in [-0.2, -0.15) is 0 Å². The van der Waals surface area contributed by atoms with E-state index in [0.717, 1.165) is 0 Å². The third-order valence-electron chi connectivity index (χ3n) is 0.958. The van der Waals surface area contributed by atoms with E-state index in [2.05, 4.69) is 9.98 Å². The van der Waals surface area contributed by atoms with Crippen molar-refractivity contribution in [3.05, 3.63) is 0 Å². The Morgan fingerprint density at radius 3 is 2.88 bits per heavy atom. The van der Waals surface area contributed by atoms with Crippen LogP contribution in [0.1, 0.15) is 0 Å². The van der Waals surface area contributed by atoms with Crippen LogP contribution in [0.3, 0.4) is 0 Å². The molecule has 0 radical (unpaired) electrons. The van der Waals surface area contributed by atoms with E-state index in [1.54, 1.807) is 19.5 Å². The van der Waals surface area contributed by atoms with Crippen LogP contribution >= 0.6 is 0 Å². The van der Waals surface area contributed by atoms with Crippen molar-refractivity contribution >= 4 is 12.4 Å². The molecule has 8 heavy (non-hydrogen) atoms. The third-order valence-corrected chi connectivity index (χ3v) is 0.958. The maximum atomic E-state index is 4.88. The number of nitrogens with zero attached hydrogens (tertiary/aromatic N) is 2. The zero-order valence-electron chi connectivity index (χ0n) is 4.74. The van der Waals surface area contributed by atoms with Crippen LogP contribution in [0.2, 0.25) is 0 Å². The number of methoxy groups -OCH3 is 1. The molecule has 0 fully saturated rings. The van der Waals surface area contributed by atoms with E-state index in [1.807, 2.05) is 0 Å². The molecule has 3 heteroatoms. The first-order chi connectivity index (χ1) is 3.93. The van der Waals surface area contributed by atoms with Gasteiger partial charge in [0.05, 0.1) is 6.54 Å². The Labute approximate surface area is 48.1 Å². The highest BCUT2D eigenvalue weighted by Gasteiger charge is 2.01. The van der Waals surface area contributed by atoms with Crippen LogP contribution in [0.4, 0.5) is 0 Å². The van der Waals surface area contributed by atoms with E-state index >= 15 is 0 Å². The quantitative estimate of drug-likeness (QED) is 0.474. The lowest BCUT2D eigenvalue weighted by atomic mass is 10.5. The Morgan fingerprint density at radius 1 is 1.62 bits per heavy atom. The molecule has 1 aliphatic heterocycles. The number of hydrogen-bond donors (Lipinski definition) is 0. The topological polar surface area (TPSA) is 34.0 Å². The van der Waals surface area contributed by atoms with Gasteiger partial charge in [-0.15, -0.1) is 0 Å². The van der Waals surface area contributed by atoms with E-state index < -0.39 is 0 Å². The lowest BCUT2D eigenvalue weighted by molar-refractivity contribution is 0.118. The first-order valence-corrected chi connectivity index (χ1v) is 2.48. The molecule has 0 aliphatic carbocycles. The molecular formula is C5H8N2O. The summed E-state index contributed by atoms with van der Waals surface area (Å²) in [5.41, 5.74) is 0. The monoisotopic (exact) mass is 112 g/mol. The maximum Gasteiger partial charge on any atom is 0.167 e. The molecule has 0 saturated heterocycles. The molecule has 0 saturated carbocycles. The molecule has 0 spiro atoms. The molecule has 0 N–H and O–H groups in total.